The molecule has 0 aliphatic carbocycles. The second-order valence-corrected chi connectivity index (χ2v) is 13.6. The van der Waals surface area contributed by atoms with E-state index < -0.39 is 99.7 Å². The Kier molecular flexibility index (Phi) is 16.5. The fraction of sp³-hybridized carbons (Fsp3) is 0.104. The zero-order chi connectivity index (χ0) is 52.5. The topological polar surface area (TPSA) is 132 Å². The summed E-state index contributed by atoms with van der Waals surface area (Å²) in [5.74, 6) is -1.64. The van der Waals surface area contributed by atoms with E-state index >= 15 is 0 Å². The van der Waals surface area contributed by atoms with Crippen molar-refractivity contribution in [1.82, 2.24) is 0 Å². The molecule has 10 nitrogen and oxygen atoms in total. The van der Waals surface area contributed by atoms with Crippen LogP contribution in [0.1, 0.15) is 45.1 Å². The van der Waals surface area contributed by atoms with Gasteiger partial charge in [-0.25, -0.2) is 24.0 Å². The van der Waals surface area contributed by atoms with Gasteiger partial charge in [-0.05, 0) is 91.4 Å². The maximum Gasteiger partial charge on any atom is 0.422 e. The summed E-state index contributed by atoms with van der Waals surface area (Å²) < 4.78 is 182. The van der Waals surface area contributed by atoms with Crippen LogP contribution in [-0.2, 0) is 23.9 Å². The van der Waals surface area contributed by atoms with Crippen LogP contribution in [0.3, 0.4) is 0 Å². The maximum atomic E-state index is 13.4. The molecule has 0 aliphatic rings. The van der Waals surface area contributed by atoms with Gasteiger partial charge in [0.1, 0.15) is 45.1 Å². The van der Waals surface area contributed by atoms with Crippen LogP contribution in [-0.4, -0.2) is 54.6 Å². The van der Waals surface area contributed by atoms with E-state index in [0.717, 1.165) is 36.4 Å². The Morgan fingerprint density at radius 1 is 0.457 bits per heavy atom. The van der Waals surface area contributed by atoms with E-state index in [1.807, 2.05) is 0 Å². The van der Waals surface area contributed by atoms with E-state index in [1.54, 1.807) is 0 Å². The standard InChI is InChI=1S/C48H26F12O10/c1-25(22-32-12-19-36(20-13-32)68-41(62)27(3)46(52,53)54)66-44(65)34-15-8-30(9-16-34)6-7-33-23-38(69-42(63)28(4)47(55,56)57)37(39(24-33)70-43(64)29(5)48(58,59)60)21-14-31-10-17-35(18-11-31)67-40(61)26(2)45(49,50)51/h8-13,15-20,22-24H,2-5H2,1H3. The summed E-state index contributed by atoms with van der Waals surface area (Å²) in [4.78, 5) is 61.5. The Morgan fingerprint density at radius 3 is 1.17 bits per heavy atom. The molecule has 22 heteroatoms. The van der Waals surface area contributed by atoms with Crippen LogP contribution in [0.2, 0.25) is 0 Å². The SMILES string of the molecule is C=C(C(=O)Oc1ccc(C#Cc2c(OC(=O)C(=C)C(F)(F)F)cc(C#Cc3ccc(C(=O)OC(C)=Cc4ccc(OC(=O)C(=C)C(F)(F)F)cc4)cc3)cc2OC(=O)C(=C)C(F)(F)F)cc1)C(F)(F)F. The second kappa shape index (κ2) is 21.4. The molecule has 0 unspecified atom stereocenters. The largest absolute Gasteiger partial charge is 0.428 e. The van der Waals surface area contributed by atoms with Crippen molar-refractivity contribution in [2.24, 2.45) is 0 Å². The summed E-state index contributed by atoms with van der Waals surface area (Å²) in [5.41, 5.74) is -8.58. The van der Waals surface area contributed by atoms with E-state index in [0.29, 0.717) is 5.56 Å². The number of benzene rings is 4. The summed E-state index contributed by atoms with van der Waals surface area (Å²) >= 11 is 0. The molecular weight excluding hydrogens is 964 g/mol. The second-order valence-electron chi connectivity index (χ2n) is 13.6. The van der Waals surface area contributed by atoms with Crippen molar-refractivity contribution in [3.8, 4) is 46.7 Å². The first-order valence-electron chi connectivity index (χ1n) is 18.7. The molecule has 0 fully saturated rings. The number of allylic oxidation sites excluding steroid dienone is 1. The number of hydrogen-bond acceptors (Lipinski definition) is 10. The number of carbonyl (C=O) groups excluding carboxylic acids is 5. The molecule has 0 radical (unpaired) electrons. The highest BCUT2D eigenvalue weighted by atomic mass is 19.4. The molecular formula is C48H26F12O10. The summed E-state index contributed by atoms with van der Waals surface area (Å²) in [7, 11) is 0. The van der Waals surface area contributed by atoms with Crippen LogP contribution in [0.15, 0.2) is 139 Å². The number of carbonyl (C=O) groups is 5. The maximum absolute atomic E-state index is 13.4. The molecule has 0 bridgehead atoms. The molecule has 0 amide bonds. The third-order valence-electron chi connectivity index (χ3n) is 8.41. The highest BCUT2D eigenvalue weighted by molar-refractivity contribution is 5.94. The van der Waals surface area contributed by atoms with Crippen molar-refractivity contribution in [3.63, 3.8) is 0 Å². The van der Waals surface area contributed by atoms with Gasteiger partial charge >= 0.3 is 54.6 Å². The number of hydrogen-bond donors (Lipinski definition) is 0. The summed E-state index contributed by atoms with van der Waals surface area (Å²) in [6.07, 6.45) is -19.5. The van der Waals surface area contributed by atoms with Crippen LogP contribution < -0.4 is 18.9 Å². The fourth-order valence-corrected chi connectivity index (χ4v) is 4.75. The molecule has 4 aromatic rings. The number of esters is 5. The van der Waals surface area contributed by atoms with E-state index in [4.69, 9.17) is 14.2 Å². The molecule has 4 rings (SSSR count). The van der Waals surface area contributed by atoms with E-state index in [-0.39, 0.29) is 33.8 Å². The lowest BCUT2D eigenvalue weighted by Crippen LogP contribution is -2.24. The minimum atomic E-state index is -5.36. The van der Waals surface area contributed by atoms with Gasteiger partial charge in [0.15, 0.2) is 11.5 Å². The van der Waals surface area contributed by atoms with Gasteiger partial charge in [-0.15, -0.1) is 0 Å². The Bertz CT molecular complexity index is 2890. The molecule has 0 N–H and O–H groups in total. The first kappa shape index (κ1) is 53.8. The molecule has 0 atom stereocenters. The Hall–Kier alpha value is -8.79. The van der Waals surface area contributed by atoms with Crippen molar-refractivity contribution < 1.29 is 100 Å². The van der Waals surface area contributed by atoms with E-state index in [2.05, 4.69) is 59.5 Å². The molecule has 0 spiro atoms. The number of ether oxygens (including phenoxy) is 5. The van der Waals surface area contributed by atoms with Gasteiger partial charge in [0.2, 0.25) is 0 Å². The molecule has 0 aromatic heterocycles. The van der Waals surface area contributed by atoms with Crippen LogP contribution in [0.5, 0.6) is 23.0 Å². The van der Waals surface area contributed by atoms with Crippen LogP contribution in [0, 0.1) is 23.7 Å². The Labute approximate surface area is 386 Å². The first-order valence-corrected chi connectivity index (χ1v) is 18.7. The van der Waals surface area contributed by atoms with Crippen molar-refractivity contribution >= 4 is 35.9 Å². The molecule has 4 aromatic carbocycles. The zero-order valence-corrected chi connectivity index (χ0v) is 35.1. The summed E-state index contributed by atoms with van der Waals surface area (Å²) in [5, 5.41) is 0. The van der Waals surface area contributed by atoms with Crippen molar-refractivity contribution in [3.05, 3.63) is 173 Å². The number of halogens is 12. The average molecular weight is 991 g/mol. The average Bonchev–Trinajstić information content (AvgIpc) is 3.26. The smallest absolute Gasteiger partial charge is 0.422 e. The van der Waals surface area contributed by atoms with Crippen LogP contribution in [0.25, 0.3) is 6.08 Å². The Morgan fingerprint density at radius 2 is 0.786 bits per heavy atom. The van der Waals surface area contributed by atoms with Crippen LogP contribution >= 0.6 is 0 Å². The fourth-order valence-electron chi connectivity index (χ4n) is 4.75. The minimum Gasteiger partial charge on any atom is -0.428 e. The number of alkyl halides is 12. The van der Waals surface area contributed by atoms with Crippen molar-refractivity contribution in [2.75, 3.05) is 0 Å². The normalized spacial score (nSPS) is 11.6. The molecule has 0 saturated carbocycles. The first-order chi connectivity index (χ1) is 32.3. The third kappa shape index (κ3) is 15.1. The van der Waals surface area contributed by atoms with Gasteiger partial charge in [-0.2, -0.15) is 52.7 Å². The highest BCUT2D eigenvalue weighted by Crippen LogP contribution is 2.35. The van der Waals surface area contributed by atoms with Gasteiger partial charge in [-0.1, -0.05) is 62.1 Å². The van der Waals surface area contributed by atoms with Gasteiger partial charge in [0, 0.05) is 16.7 Å². The summed E-state index contributed by atoms with van der Waals surface area (Å²) in [6, 6.07) is 15.6. The van der Waals surface area contributed by atoms with Crippen molar-refractivity contribution in [1.29, 1.82) is 0 Å². The lowest BCUT2D eigenvalue weighted by Gasteiger charge is -2.15. The molecule has 70 heavy (non-hydrogen) atoms. The van der Waals surface area contributed by atoms with Gasteiger partial charge < -0.3 is 23.7 Å². The predicted molar refractivity (Wildman–Crippen MR) is 220 cm³/mol. The summed E-state index contributed by atoms with van der Waals surface area (Å²) in [6.45, 7) is 11.9. The molecule has 0 heterocycles. The van der Waals surface area contributed by atoms with Gasteiger partial charge in [0.25, 0.3) is 0 Å². The van der Waals surface area contributed by atoms with Crippen molar-refractivity contribution in [2.45, 2.75) is 31.6 Å². The lowest BCUT2D eigenvalue weighted by atomic mass is 10.1. The molecule has 0 aliphatic heterocycles. The Balaban J connectivity index is 1.67. The zero-order valence-electron chi connectivity index (χ0n) is 35.1. The molecule has 0 saturated heterocycles. The highest BCUT2D eigenvalue weighted by Gasteiger charge is 2.41. The van der Waals surface area contributed by atoms with Gasteiger partial charge in [-0.3, -0.25) is 0 Å². The minimum absolute atomic E-state index is 0.0262. The van der Waals surface area contributed by atoms with Gasteiger partial charge in [0.05, 0.1) is 5.56 Å². The quantitative estimate of drug-likeness (QED) is 0.0357. The lowest BCUT2D eigenvalue weighted by molar-refractivity contribution is -0.144. The van der Waals surface area contributed by atoms with E-state index in [9.17, 15) is 76.7 Å². The van der Waals surface area contributed by atoms with Crippen LogP contribution in [0.4, 0.5) is 52.7 Å². The third-order valence-corrected chi connectivity index (χ3v) is 8.41. The molecule has 362 valence electrons. The number of rotatable bonds is 11. The van der Waals surface area contributed by atoms with E-state index in [1.165, 1.54) is 61.5 Å². The predicted octanol–water partition coefficient (Wildman–Crippen LogP) is 10.8. The monoisotopic (exact) mass is 990 g/mol.